The van der Waals surface area contributed by atoms with Gasteiger partial charge in [-0.3, -0.25) is 9.59 Å². The number of piperidine rings is 1. The van der Waals surface area contributed by atoms with Gasteiger partial charge in [-0.25, -0.2) is 9.97 Å². The molecule has 0 aliphatic carbocycles. The number of hydrogen-bond acceptors (Lipinski definition) is 5. The largest absolute Gasteiger partial charge is 0.460 e. The van der Waals surface area contributed by atoms with Crippen molar-refractivity contribution in [2.45, 2.75) is 31.9 Å². The van der Waals surface area contributed by atoms with Crippen LogP contribution in [0.2, 0.25) is 0 Å². The topological polar surface area (TPSA) is 77.3 Å². The minimum absolute atomic E-state index is 0.0769. The smallest absolute Gasteiger partial charge is 0.312 e. The summed E-state index contributed by atoms with van der Waals surface area (Å²) in [6.07, 6.45) is 7.14. The van der Waals surface area contributed by atoms with E-state index in [-0.39, 0.29) is 18.0 Å². The van der Waals surface area contributed by atoms with E-state index in [4.69, 9.17) is 4.74 Å². The van der Waals surface area contributed by atoms with Crippen molar-refractivity contribution in [3.63, 3.8) is 0 Å². The van der Waals surface area contributed by atoms with Gasteiger partial charge in [-0.15, -0.1) is 0 Å². The van der Waals surface area contributed by atoms with E-state index < -0.39 is 5.41 Å². The molecule has 1 spiro atoms. The zero-order valence-corrected chi connectivity index (χ0v) is 16.0. The van der Waals surface area contributed by atoms with Crippen LogP contribution in [-0.4, -0.2) is 50.5 Å². The van der Waals surface area contributed by atoms with E-state index in [0.29, 0.717) is 44.6 Å². The molecule has 1 amide bonds. The highest BCUT2D eigenvalue weighted by Gasteiger charge is 2.50. The number of fused-ring (bicyclic) bond motifs is 1. The number of para-hydroxylation sites is 1. The van der Waals surface area contributed by atoms with Crippen LogP contribution < -0.4 is 0 Å². The highest BCUT2D eigenvalue weighted by atomic mass is 16.6. The monoisotopic (exact) mass is 390 g/mol. The maximum Gasteiger partial charge on any atom is 0.312 e. The maximum atomic E-state index is 12.9. The summed E-state index contributed by atoms with van der Waals surface area (Å²) in [6.45, 7) is 1.71. The van der Waals surface area contributed by atoms with Crippen molar-refractivity contribution in [1.29, 1.82) is 0 Å². The van der Waals surface area contributed by atoms with Gasteiger partial charge in [0.05, 0.1) is 23.8 Å². The van der Waals surface area contributed by atoms with E-state index in [1.807, 2.05) is 41.1 Å². The Hall–Kier alpha value is -3.22. The van der Waals surface area contributed by atoms with Gasteiger partial charge in [0.15, 0.2) is 0 Å². The maximum absolute atomic E-state index is 12.9. The minimum atomic E-state index is -0.473. The Labute approximate surface area is 168 Å². The molecular formula is C22H22N4O3. The molecule has 5 rings (SSSR count). The number of esters is 1. The molecule has 7 heteroatoms. The number of amides is 1. The van der Waals surface area contributed by atoms with Gasteiger partial charge in [-0.2, -0.15) is 0 Å². The second kappa shape index (κ2) is 6.99. The van der Waals surface area contributed by atoms with E-state index in [2.05, 4.69) is 9.97 Å². The van der Waals surface area contributed by atoms with Crippen molar-refractivity contribution < 1.29 is 14.3 Å². The molecular weight excluding hydrogens is 368 g/mol. The number of aromatic nitrogens is 3. The van der Waals surface area contributed by atoms with Gasteiger partial charge < -0.3 is 14.2 Å². The van der Waals surface area contributed by atoms with Crippen molar-refractivity contribution in [2.75, 3.05) is 13.1 Å². The van der Waals surface area contributed by atoms with Gasteiger partial charge in [-0.05, 0) is 25.0 Å². The van der Waals surface area contributed by atoms with Gasteiger partial charge in [0.25, 0.3) is 5.91 Å². The first-order valence-corrected chi connectivity index (χ1v) is 9.95. The second-order valence-corrected chi connectivity index (χ2v) is 7.95. The summed E-state index contributed by atoms with van der Waals surface area (Å²) in [5, 5.41) is 1.01. The first kappa shape index (κ1) is 17.8. The molecule has 148 valence electrons. The average molecular weight is 390 g/mol. The van der Waals surface area contributed by atoms with Gasteiger partial charge >= 0.3 is 5.97 Å². The Morgan fingerprint density at radius 2 is 2.00 bits per heavy atom. The van der Waals surface area contributed by atoms with E-state index in [0.717, 1.165) is 10.9 Å². The molecule has 2 aliphatic rings. The van der Waals surface area contributed by atoms with Crippen molar-refractivity contribution in [3.8, 4) is 0 Å². The van der Waals surface area contributed by atoms with Gasteiger partial charge in [0.1, 0.15) is 11.8 Å². The number of imidazole rings is 1. The highest BCUT2D eigenvalue weighted by Crippen LogP contribution is 2.43. The third kappa shape index (κ3) is 3.26. The quantitative estimate of drug-likeness (QED) is 0.643. The summed E-state index contributed by atoms with van der Waals surface area (Å²) in [5.41, 5.74) is 0.791. The molecule has 2 fully saturated rings. The fourth-order valence-electron chi connectivity index (χ4n) is 4.46. The summed E-state index contributed by atoms with van der Waals surface area (Å²) in [4.78, 5) is 35.9. The van der Waals surface area contributed by atoms with Crippen LogP contribution >= 0.6 is 0 Å². The van der Waals surface area contributed by atoms with Crippen molar-refractivity contribution >= 4 is 22.8 Å². The van der Waals surface area contributed by atoms with Crippen LogP contribution in [0.5, 0.6) is 0 Å². The molecule has 0 radical (unpaired) electrons. The lowest BCUT2D eigenvalue weighted by atomic mass is 9.76. The number of ether oxygens (including phenoxy) is 1. The van der Waals surface area contributed by atoms with Crippen LogP contribution in [0.4, 0.5) is 0 Å². The number of benzene rings is 1. The predicted molar refractivity (Wildman–Crippen MR) is 106 cm³/mol. The van der Waals surface area contributed by atoms with E-state index in [1.54, 1.807) is 23.5 Å². The summed E-state index contributed by atoms with van der Waals surface area (Å²) < 4.78 is 7.58. The lowest BCUT2D eigenvalue weighted by Gasteiger charge is -2.36. The van der Waals surface area contributed by atoms with Crippen molar-refractivity contribution in [1.82, 2.24) is 19.4 Å². The molecule has 4 heterocycles. The summed E-state index contributed by atoms with van der Waals surface area (Å²) >= 11 is 0. The normalized spacial score (nSPS) is 20.9. The molecule has 1 aromatic carbocycles. The van der Waals surface area contributed by atoms with Crippen LogP contribution in [0.25, 0.3) is 10.9 Å². The molecule has 1 atom stereocenters. The number of carbonyl (C=O) groups is 2. The molecule has 0 bridgehead atoms. The Balaban J connectivity index is 1.25. The van der Waals surface area contributed by atoms with Crippen LogP contribution in [-0.2, 0) is 16.1 Å². The van der Waals surface area contributed by atoms with E-state index >= 15 is 0 Å². The Kier molecular flexibility index (Phi) is 4.30. The Morgan fingerprint density at radius 3 is 2.79 bits per heavy atom. The average Bonchev–Trinajstić information content (AvgIpc) is 3.36. The fraction of sp³-hybridized carbons (Fsp3) is 0.364. The first-order valence-electron chi connectivity index (χ1n) is 9.95. The lowest BCUT2D eigenvalue weighted by Crippen LogP contribution is -2.45. The Bertz CT molecular complexity index is 1050. The molecule has 29 heavy (non-hydrogen) atoms. The third-order valence-corrected chi connectivity index (χ3v) is 6.12. The molecule has 0 saturated carbocycles. The SMILES string of the molecule is O=C(c1ccc2ccccc2n1)N1CCC2(CC1)CC(Cn1ccnc1)OC2=O. The van der Waals surface area contributed by atoms with E-state index in [9.17, 15) is 9.59 Å². The van der Waals surface area contributed by atoms with Crippen LogP contribution in [0.1, 0.15) is 29.8 Å². The summed E-state index contributed by atoms with van der Waals surface area (Å²) in [5.74, 6) is -0.203. The summed E-state index contributed by atoms with van der Waals surface area (Å²) in [7, 11) is 0. The second-order valence-electron chi connectivity index (χ2n) is 7.95. The van der Waals surface area contributed by atoms with E-state index in [1.165, 1.54) is 0 Å². The number of hydrogen-bond donors (Lipinski definition) is 0. The molecule has 0 N–H and O–H groups in total. The van der Waals surface area contributed by atoms with Gasteiger partial charge in [0, 0.05) is 37.3 Å². The highest BCUT2D eigenvalue weighted by molar-refractivity contribution is 5.95. The van der Waals surface area contributed by atoms with Gasteiger partial charge in [-0.1, -0.05) is 24.3 Å². The fourth-order valence-corrected chi connectivity index (χ4v) is 4.46. The number of nitrogens with zero attached hydrogens (tertiary/aromatic N) is 4. The Morgan fingerprint density at radius 1 is 1.17 bits per heavy atom. The minimum Gasteiger partial charge on any atom is -0.460 e. The van der Waals surface area contributed by atoms with Crippen LogP contribution in [0.3, 0.4) is 0 Å². The molecule has 2 saturated heterocycles. The standard InChI is InChI=1S/C22H22N4O3/c27-20(19-6-5-16-3-1-2-4-18(16)24-19)26-10-7-22(8-11-26)13-17(29-21(22)28)14-25-12-9-23-15-25/h1-6,9,12,15,17H,7-8,10-11,13-14H2. The number of pyridine rings is 1. The first-order chi connectivity index (χ1) is 14.1. The molecule has 2 aliphatic heterocycles. The molecule has 7 nitrogen and oxygen atoms in total. The number of likely N-dealkylation sites (tertiary alicyclic amines) is 1. The zero-order valence-electron chi connectivity index (χ0n) is 16.0. The summed E-state index contributed by atoms with van der Waals surface area (Å²) in [6, 6.07) is 11.5. The third-order valence-electron chi connectivity index (χ3n) is 6.12. The number of rotatable bonds is 3. The predicted octanol–water partition coefficient (Wildman–Crippen LogP) is 2.67. The molecule has 2 aromatic heterocycles. The van der Waals surface area contributed by atoms with Gasteiger partial charge in [0.2, 0.25) is 0 Å². The van der Waals surface area contributed by atoms with Crippen LogP contribution in [0, 0.1) is 5.41 Å². The van der Waals surface area contributed by atoms with Crippen LogP contribution in [0.15, 0.2) is 55.1 Å². The number of cyclic esters (lactones) is 1. The zero-order chi connectivity index (χ0) is 19.8. The molecule has 1 unspecified atom stereocenters. The lowest BCUT2D eigenvalue weighted by molar-refractivity contribution is -0.150. The number of carbonyl (C=O) groups excluding carboxylic acids is 2. The molecule has 3 aromatic rings. The van der Waals surface area contributed by atoms with Crippen molar-refractivity contribution in [2.24, 2.45) is 5.41 Å². The van der Waals surface area contributed by atoms with Crippen molar-refractivity contribution in [3.05, 3.63) is 60.8 Å².